The van der Waals surface area contributed by atoms with E-state index in [1.54, 1.807) is 0 Å². The number of halogens is 2. The molecule has 0 aliphatic rings. The van der Waals surface area contributed by atoms with Crippen molar-refractivity contribution in [2.45, 2.75) is 32.3 Å². The van der Waals surface area contributed by atoms with Crippen molar-refractivity contribution in [2.24, 2.45) is 0 Å². The van der Waals surface area contributed by atoms with Crippen molar-refractivity contribution in [1.29, 1.82) is 0 Å². The van der Waals surface area contributed by atoms with Gasteiger partial charge in [0, 0.05) is 10.6 Å². The first-order valence-corrected chi connectivity index (χ1v) is 6.90. The molecule has 1 nitrogen and oxygen atoms in total. The molecular weight excluding hydrogens is 275 g/mol. The van der Waals surface area contributed by atoms with Crippen LogP contribution in [0.15, 0.2) is 42.5 Å². The molecule has 0 aromatic heterocycles. The largest absolute Gasteiger partial charge is 0.384 e. The van der Waals surface area contributed by atoms with Gasteiger partial charge < -0.3 is 5.11 Å². The van der Waals surface area contributed by atoms with Gasteiger partial charge in [-0.1, -0.05) is 56.6 Å². The van der Waals surface area contributed by atoms with Crippen LogP contribution in [-0.2, 0) is 5.41 Å². The van der Waals surface area contributed by atoms with Crippen LogP contribution in [0.3, 0.4) is 0 Å². The van der Waals surface area contributed by atoms with E-state index in [4.69, 9.17) is 11.6 Å². The lowest BCUT2D eigenvalue weighted by molar-refractivity contribution is 0.215. The van der Waals surface area contributed by atoms with Gasteiger partial charge in [-0.05, 0) is 34.7 Å². The molecule has 2 aromatic carbocycles. The van der Waals surface area contributed by atoms with Crippen molar-refractivity contribution >= 4 is 11.6 Å². The minimum atomic E-state index is -1.01. The summed E-state index contributed by atoms with van der Waals surface area (Å²) in [6.07, 6.45) is -1.01. The van der Waals surface area contributed by atoms with E-state index < -0.39 is 11.9 Å². The number of benzene rings is 2. The molecule has 0 amide bonds. The minimum absolute atomic E-state index is 0.0464. The van der Waals surface area contributed by atoms with Gasteiger partial charge in [-0.15, -0.1) is 0 Å². The molecule has 0 heterocycles. The quantitative estimate of drug-likeness (QED) is 0.838. The van der Waals surface area contributed by atoms with Gasteiger partial charge in [0.05, 0.1) is 0 Å². The Kier molecular flexibility index (Phi) is 4.17. The SMILES string of the molecule is CC(C)(C)c1ccc(C(O)c2cc(Cl)ccc2F)cc1. The van der Waals surface area contributed by atoms with Crippen LogP contribution < -0.4 is 0 Å². The molecule has 1 N–H and O–H groups in total. The second kappa shape index (κ2) is 5.55. The average molecular weight is 293 g/mol. The van der Waals surface area contributed by atoms with Crippen LogP contribution in [0, 0.1) is 5.82 Å². The first-order chi connectivity index (χ1) is 9.29. The van der Waals surface area contributed by atoms with Gasteiger partial charge in [0.2, 0.25) is 0 Å². The van der Waals surface area contributed by atoms with Crippen LogP contribution in [0.1, 0.15) is 43.6 Å². The fourth-order valence-electron chi connectivity index (χ4n) is 2.07. The van der Waals surface area contributed by atoms with Crippen molar-refractivity contribution in [3.63, 3.8) is 0 Å². The highest BCUT2D eigenvalue weighted by Crippen LogP contribution is 2.29. The molecule has 0 saturated carbocycles. The van der Waals surface area contributed by atoms with Crippen molar-refractivity contribution in [3.05, 3.63) is 70.0 Å². The van der Waals surface area contributed by atoms with Gasteiger partial charge >= 0.3 is 0 Å². The third-order valence-electron chi connectivity index (χ3n) is 3.35. The average Bonchev–Trinajstić information content (AvgIpc) is 2.40. The third-order valence-corrected chi connectivity index (χ3v) is 3.58. The van der Waals surface area contributed by atoms with E-state index in [0.29, 0.717) is 10.6 Å². The molecule has 20 heavy (non-hydrogen) atoms. The highest BCUT2D eigenvalue weighted by Gasteiger charge is 2.17. The van der Waals surface area contributed by atoms with Crippen LogP contribution in [0.2, 0.25) is 5.02 Å². The molecule has 0 spiro atoms. The van der Waals surface area contributed by atoms with Crippen LogP contribution in [0.5, 0.6) is 0 Å². The maximum Gasteiger partial charge on any atom is 0.129 e. The molecule has 0 aliphatic heterocycles. The molecular formula is C17H18ClFO. The molecule has 0 saturated heterocycles. The highest BCUT2D eigenvalue weighted by molar-refractivity contribution is 6.30. The lowest BCUT2D eigenvalue weighted by atomic mass is 9.86. The zero-order valence-electron chi connectivity index (χ0n) is 11.8. The Hall–Kier alpha value is -1.38. The van der Waals surface area contributed by atoms with Crippen molar-refractivity contribution in [2.75, 3.05) is 0 Å². The highest BCUT2D eigenvalue weighted by atomic mass is 35.5. The molecule has 1 atom stereocenters. The Labute approximate surface area is 124 Å². The molecule has 0 fully saturated rings. The minimum Gasteiger partial charge on any atom is -0.384 e. The van der Waals surface area contributed by atoms with Gasteiger partial charge in [-0.2, -0.15) is 0 Å². The smallest absolute Gasteiger partial charge is 0.129 e. The number of hydrogen-bond acceptors (Lipinski definition) is 1. The van der Waals surface area contributed by atoms with E-state index in [1.807, 2.05) is 24.3 Å². The Bertz CT molecular complexity index is 599. The first kappa shape index (κ1) is 15.0. The van der Waals surface area contributed by atoms with Crippen LogP contribution in [0.25, 0.3) is 0 Å². The monoisotopic (exact) mass is 292 g/mol. The molecule has 3 heteroatoms. The second-order valence-electron chi connectivity index (χ2n) is 5.94. The number of hydrogen-bond donors (Lipinski definition) is 1. The van der Waals surface area contributed by atoms with Gasteiger partial charge in [0.1, 0.15) is 11.9 Å². The molecule has 0 bridgehead atoms. The molecule has 0 aliphatic carbocycles. The number of aliphatic hydroxyl groups is 1. The first-order valence-electron chi connectivity index (χ1n) is 6.52. The summed E-state index contributed by atoms with van der Waals surface area (Å²) in [5.41, 5.74) is 2.06. The number of aliphatic hydroxyl groups excluding tert-OH is 1. The van der Waals surface area contributed by atoms with Gasteiger partial charge in [-0.3, -0.25) is 0 Å². The van der Waals surface area contributed by atoms with E-state index in [2.05, 4.69) is 20.8 Å². The topological polar surface area (TPSA) is 20.2 Å². The fourth-order valence-corrected chi connectivity index (χ4v) is 2.25. The number of rotatable bonds is 2. The Morgan fingerprint density at radius 2 is 1.65 bits per heavy atom. The summed E-state index contributed by atoms with van der Waals surface area (Å²) in [6.45, 7) is 6.36. The summed E-state index contributed by atoms with van der Waals surface area (Å²) in [5, 5.41) is 10.7. The lowest BCUT2D eigenvalue weighted by Gasteiger charge is -2.20. The summed E-state index contributed by atoms with van der Waals surface area (Å²) in [5.74, 6) is -0.457. The maximum absolute atomic E-state index is 13.8. The molecule has 2 aromatic rings. The normalized spacial score (nSPS) is 13.3. The summed E-state index contributed by atoms with van der Waals surface area (Å²) < 4.78 is 13.8. The standard InChI is InChI=1S/C17H18ClFO/c1-17(2,3)12-6-4-11(5-7-12)16(20)14-10-13(18)8-9-15(14)19/h4-10,16,20H,1-3H3. The second-order valence-corrected chi connectivity index (χ2v) is 6.38. The maximum atomic E-state index is 13.8. The zero-order valence-corrected chi connectivity index (χ0v) is 12.6. The summed E-state index contributed by atoms with van der Waals surface area (Å²) >= 11 is 5.86. The van der Waals surface area contributed by atoms with Crippen molar-refractivity contribution < 1.29 is 9.50 Å². The van der Waals surface area contributed by atoms with E-state index in [9.17, 15) is 9.50 Å². The van der Waals surface area contributed by atoms with Gasteiger partial charge in [0.15, 0.2) is 0 Å². The van der Waals surface area contributed by atoms with Crippen LogP contribution in [0.4, 0.5) is 4.39 Å². The summed E-state index contributed by atoms with van der Waals surface area (Å²) in [7, 11) is 0. The predicted octanol–water partition coefficient (Wildman–Crippen LogP) is 4.86. The van der Waals surface area contributed by atoms with Gasteiger partial charge in [0.25, 0.3) is 0 Å². The summed E-state index contributed by atoms with van der Waals surface area (Å²) in [6, 6.07) is 11.8. The van der Waals surface area contributed by atoms with E-state index in [1.165, 1.54) is 23.8 Å². The fraction of sp³-hybridized carbons (Fsp3) is 0.294. The third kappa shape index (κ3) is 3.20. The molecule has 1 unspecified atom stereocenters. The Balaban J connectivity index is 2.34. The van der Waals surface area contributed by atoms with E-state index in [0.717, 1.165) is 0 Å². The molecule has 0 radical (unpaired) electrons. The zero-order chi connectivity index (χ0) is 14.9. The van der Waals surface area contributed by atoms with Gasteiger partial charge in [-0.25, -0.2) is 4.39 Å². The summed E-state index contributed by atoms with van der Waals surface area (Å²) in [4.78, 5) is 0. The van der Waals surface area contributed by atoms with Crippen molar-refractivity contribution in [3.8, 4) is 0 Å². The lowest BCUT2D eigenvalue weighted by Crippen LogP contribution is -2.11. The Morgan fingerprint density at radius 3 is 2.20 bits per heavy atom. The van der Waals surface area contributed by atoms with E-state index in [-0.39, 0.29) is 11.0 Å². The van der Waals surface area contributed by atoms with Crippen LogP contribution >= 0.6 is 11.6 Å². The van der Waals surface area contributed by atoms with Crippen LogP contribution in [-0.4, -0.2) is 5.11 Å². The molecule has 2 rings (SSSR count). The Morgan fingerprint density at radius 1 is 1.05 bits per heavy atom. The predicted molar refractivity (Wildman–Crippen MR) is 80.6 cm³/mol. The molecule has 106 valence electrons. The van der Waals surface area contributed by atoms with Crippen molar-refractivity contribution in [1.82, 2.24) is 0 Å². The van der Waals surface area contributed by atoms with E-state index >= 15 is 0 Å².